The maximum atomic E-state index is 13.2. The summed E-state index contributed by atoms with van der Waals surface area (Å²) in [5, 5.41) is 3.30. The molecule has 1 aliphatic heterocycles. The molecular weight excluding hydrogens is 508 g/mol. The summed E-state index contributed by atoms with van der Waals surface area (Å²) in [6.07, 6.45) is 1.68. The van der Waals surface area contributed by atoms with Crippen molar-refractivity contribution in [2.75, 3.05) is 31.0 Å². The zero-order valence-corrected chi connectivity index (χ0v) is 21.7. The van der Waals surface area contributed by atoms with Crippen molar-refractivity contribution in [2.24, 2.45) is 0 Å². The molecule has 1 aliphatic rings. The van der Waals surface area contributed by atoms with E-state index in [9.17, 15) is 14.4 Å². The lowest BCUT2D eigenvalue weighted by molar-refractivity contribution is -0.137. The van der Waals surface area contributed by atoms with Gasteiger partial charge in [0.05, 0.1) is 19.9 Å². The lowest BCUT2D eigenvalue weighted by Gasteiger charge is -2.21. The van der Waals surface area contributed by atoms with Crippen molar-refractivity contribution in [3.8, 4) is 11.5 Å². The molecule has 3 aromatic rings. The van der Waals surface area contributed by atoms with Gasteiger partial charge < -0.3 is 24.4 Å². The Balaban J connectivity index is 1.49. The van der Waals surface area contributed by atoms with E-state index in [0.29, 0.717) is 39.2 Å². The van der Waals surface area contributed by atoms with Gasteiger partial charge in [0.1, 0.15) is 17.1 Å². The van der Waals surface area contributed by atoms with Crippen LogP contribution in [0, 0.1) is 0 Å². The van der Waals surface area contributed by atoms with Crippen molar-refractivity contribution in [2.45, 2.75) is 6.92 Å². The summed E-state index contributed by atoms with van der Waals surface area (Å²) >= 11 is 6.04. The van der Waals surface area contributed by atoms with Gasteiger partial charge in [-0.15, -0.1) is 0 Å². The smallest absolute Gasteiger partial charge is 0.343 e. The van der Waals surface area contributed by atoms with Crippen LogP contribution in [0.5, 0.6) is 11.5 Å². The number of amides is 1. The van der Waals surface area contributed by atoms with Gasteiger partial charge in [-0.2, -0.15) is 0 Å². The average Bonchev–Trinajstić information content (AvgIpc) is 3.17. The molecule has 0 saturated carbocycles. The molecule has 4 rings (SSSR count). The number of nitrogens with zero attached hydrogens (tertiary/aromatic N) is 1. The van der Waals surface area contributed by atoms with E-state index in [1.54, 1.807) is 97.8 Å². The van der Waals surface area contributed by atoms with Gasteiger partial charge in [-0.3, -0.25) is 9.59 Å². The van der Waals surface area contributed by atoms with Crippen molar-refractivity contribution >= 4 is 46.7 Å². The number of rotatable bonds is 8. The number of benzene rings is 3. The minimum Gasteiger partial charge on any atom is -0.497 e. The third-order valence-corrected chi connectivity index (χ3v) is 6.05. The highest BCUT2D eigenvalue weighted by Crippen LogP contribution is 2.36. The van der Waals surface area contributed by atoms with Gasteiger partial charge in [0.15, 0.2) is 6.61 Å². The lowest BCUT2D eigenvalue weighted by atomic mass is 10.1. The quantitative estimate of drug-likeness (QED) is 0.241. The fourth-order valence-corrected chi connectivity index (χ4v) is 4.05. The number of hydrogen-bond donors (Lipinski definition) is 1. The van der Waals surface area contributed by atoms with E-state index in [1.165, 1.54) is 7.11 Å². The van der Waals surface area contributed by atoms with E-state index in [2.05, 4.69) is 5.32 Å². The summed E-state index contributed by atoms with van der Waals surface area (Å²) in [7, 11) is 2.81. The van der Waals surface area contributed by atoms with Crippen LogP contribution in [-0.4, -0.2) is 38.5 Å². The Hall–Kier alpha value is -4.56. The van der Waals surface area contributed by atoms with Gasteiger partial charge in [-0.1, -0.05) is 23.7 Å². The molecule has 1 amide bonds. The molecule has 1 heterocycles. The third kappa shape index (κ3) is 5.87. The van der Waals surface area contributed by atoms with Gasteiger partial charge in [-0.05, 0) is 79.2 Å². The molecule has 0 aliphatic carbocycles. The number of allylic oxidation sites excluding steroid dienone is 2. The number of carbonyl (C=O) groups excluding carboxylic acids is 3. The molecule has 0 aromatic heterocycles. The molecule has 194 valence electrons. The molecule has 0 spiro atoms. The number of ketones is 1. The predicted molar refractivity (Wildman–Crippen MR) is 145 cm³/mol. The van der Waals surface area contributed by atoms with Crippen molar-refractivity contribution in [1.29, 1.82) is 0 Å². The fourth-order valence-electron chi connectivity index (χ4n) is 3.92. The first-order valence-corrected chi connectivity index (χ1v) is 12.0. The van der Waals surface area contributed by atoms with Gasteiger partial charge in [0.25, 0.3) is 5.91 Å². The predicted octanol–water partition coefficient (Wildman–Crippen LogP) is 5.24. The Labute approximate surface area is 225 Å². The number of halogens is 1. The van der Waals surface area contributed by atoms with E-state index >= 15 is 0 Å². The van der Waals surface area contributed by atoms with Crippen LogP contribution in [0.3, 0.4) is 0 Å². The van der Waals surface area contributed by atoms with Gasteiger partial charge in [-0.25, -0.2) is 4.79 Å². The van der Waals surface area contributed by atoms with E-state index in [4.69, 9.17) is 25.8 Å². The first-order valence-electron chi connectivity index (χ1n) is 11.6. The summed E-state index contributed by atoms with van der Waals surface area (Å²) in [5.41, 5.74) is 2.71. The molecule has 0 saturated heterocycles. The highest BCUT2D eigenvalue weighted by Gasteiger charge is 2.38. The largest absolute Gasteiger partial charge is 0.497 e. The van der Waals surface area contributed by atoms with Gasteiger partial charge in [0.2, 0.25) is 5.78 Å². The van der Waals surface area contributed by atoms with Gasteiger partial charge >= 0.3 is 5.97 Å². The minimum absolute atomic E-state index is 0.0310. The number of methoxy groups -OCH3 is 2. The molecule has 38 heavy (non-hydrogen) atoms. The number of nitrogens with one attached hydrogen (secondary N) is 1. The van der Waals surface area contributed by atoms with Gasteiger partial charge in [0, 0.05) is 22.1 Å². The van der Waals surface area contributed by atoms with Crippen LogP contribution >= 0.6 is 11.6 Å². The molecule has 1 N–H and O–H groups in total. The summed E-state index contributed by atoms with van der Waals surface area (Å²) in [4.78, 5) is 39.5. The Morgan fingerprint density at radius 2 is 1.55 bits per heavy atom. The standard InChI is InChI=1S/C29H25ClN2O6/c1-18-27(29(35)37-3)28(34)25(32(18)22-10-6-20(30)7-11-22)16-19-4-12-24(13-5-19)38-17-26(33)31-21-8-14-23(36-2)15-9-21/h4-16H,17H2,1-3H3,(H,31,33)/b25-16-. The molecule has 3 aromatic carbocycles. The molecule has 0 unspecified atom stereocenters. The normalized spacial score (nSPS) is 14.1. The summed E-state index contributed by atoms with van der Waals surface area (Å²) in [6.45, 7) is 1.51. The van der Waals surface area contributed by atoms with Crippen LogP contribution in [-0.2, 0) is 19.1 Å². The maximum absolute atomic E-state index is 13.2. The Morgan fingerprint density at radius 3 is 2.16 bits per heavy atom. The number of ether oxygens (including phenoxy) is 3. The van der Waals surface area contributed by atoms with Crippen LogP contribution in [0.15, 0.2) is 89.8 Å². The zero-order valence-electron chi connectivity index (χ0n) is 21.0. The monoisotopic (exact) mass is 532 g/mol. The van der Waals surface area contributed by atoms with Crippen LogP contribution in [0.1, 0.15) is 12.5 Å². The van der Waals surface area contributed by atoms with Crippen molar-refractivity contribution in [3.05, 3.63) is 100 Å². The second kappa shape index (κ2) is 11.7. The van der Waals surface area contributed by atoms with Crippen molar-refractivity contribution < 1.29 is 28.6 Å². The van der Waals surface area contributed by atoms with Crippen molar-refractivity contribution in [1.82, 2.24) is 0 Å². The van der Waals surface area contributed by atoms with E-state index in [-0.39, 0.29) is 23.8 Å². The first-order chi connectivity index (χ1) is 18.3. The molecule has 0 radical (unpaired) electrons. The summed E-state index contributed by atoms with van der Waals surface area (Å²) < 4.78 is 15.5. The van der Waals surface area contributed by atoms with E-state index in [1.807, 2.05) is 0 Å². The number of hydrogen-bond acceptors (Lipinski definition) is 7. The summed E-state index contributed by atoms with van der Waals surface area (Å²) in [6, 6.07) is 20.8. The maximum Gasteiger partial charge on any atom is 0.343 e. The molecule has 0 atom stereocenters. The fraction of sp³-hybridized carbons (Fsp3) is 0.138. The molecule has 0 bridgehead atoms. The van der Waals surface area contributed by atoms with Crippen LogP contribution in [0.25, 0.3) is 6.08 Å². The summed E-state index contributed by atoms with van der Waals surface area (Å²) in [5.74, 6) is -0.286. The molecular formula is C29H25ClN2O6. The zero-order chi connectivity index (χ0) is 27.2. The first kappa shape index (κ1) is 26.5. The van der Waals surface area contributed by atoms with Crippen molar-refractivity contribution in [3.63, 3.8) is 0 Å². The van der Waals surface area contributed by atoms with E-state index < -0.39 is 11.8 Å². The third-order valence-electron chi connectivity index (χ3n) is 5.80. The Kier molecular flexibility index (Phi) is 8.13. The van der Waals surface area contributed by atoms with Crippen LogP contribution < -0.4 is 19.7 Å². The van der Waals surface area contributed by atoms with Crippen LogP contribution in [0.4, 0.5) is 11.4 Å². The highest BCUT2D eigenvalue weighted by atomic mass is 35.5. The van der Waals surface area contributed by atoms with E-state index in [0.717, 1.165) is 0 Å². The average molecular weight is 533 g/mol. The topological polar surface area (TPSA) is 94.2 Å². The molecule has 9 heteroatoms. The number of esters is 1. The number of Topliss-reactive ketones (excluding diaryl/α,β-unsaturated/α-hetero) is 1. The SMILES string of the molecule is COC(=O)C1=C(C)N(c2ccc(Cl)cc2)/C(=C\c2ccc(OCC(=O)Nc3ccc(OC)cc3)cc2)C1=O. The Morgan fingerprint density at radius 1 is 0.921 bits per heavy atom. The molecule has 0 fully saturated rings. The number of anilines is 2. The number of carbonyl (C=O) groups is 3. The highest BCUT2D eigenvalue weighted by molar-refractivity contribution is 6.31. The lowest BCUT2D eigenvalue weighted by Crippen LogP contribution is -2.20. The second-order valence-corrected chi connectivity index (χ2v) is 8.69. The molecule has 8 nitrogen and oxygen atoms in total. The minimum atomic E-state index is -0.702. The Bertz CT molecular complexity index is 1410. The second-order valence-electron chi connectivity index (χ2n) is 8.26. The van der Waals surface area contributed by atoms with Crippen LogP contribution in [0.2, 0.25) is 5.02 Å².